The zero-order valence-electron chi connectivity index (χ0n) is 14.5. The Balaban J connectivity index is 1.51. The summed E-state index contributed by atoms with van der Waals surface area (Å²) in [6, 6.07) is 0. The van der Waals surface area contributed by atoms with Gasteiger partial charge in [0.15, 0.2) is 0 Å². The molecule has 0 radical (unpaired) electrons. The topological polar surface area (TPSA) is 0 Å². The van der Waals surface area contributed by atoms with Crippen LogP contribution in [0.3, 0.4) is 0 Å². The van der Waals surface area contributed by atoms with Crippen molar-refractivity contribution < 1.29 is 0 Å². The van der Waals surface area contributed by atoms with E-state index in [2.05, 4.69) is 19.1 Å². The van der Waals surface area contributed by atoms with Crippen molar-refractivity contribution in [1.29, 1.82) is 0 Å². The largest absolute Gasteiger partial charge is 0.0885 e. The van der Waals surface area contributed by atoms with E-state index in [1.54, 1.807) is 38.5 Å². The van der Waals surface area contributed by atoms with Gasteiger partial charge in [0.25, 0.3) is 0 Å². The molecule has 0 bridgehead atoms. The first kappa shape index (κ1) is 17.1. The Bertz CT molecular complexity index is 264. The third-order valence-electron chi connectivity index (χ3n) is 6.08. The summed E-state index contributed by atoms with van der Waals surface area (Å²) in [5, 5.41) is 0. The Kier molecular flexibility index (Phi) is 8.52. The molecule has 0 aromatic carbocycles. The van der Waals surface area contributed by atoms with E-state index in [9.17, 15) is 0 Å². The first-order valence-electron chi connectivity index (χ1n) is 10.0. The normalized spacial score (nSPS) is 28.2. The van der Waals surface area contributed by atoms with Crippen molar-refractivity contribution in [2.75, 3.05) is 0 Å². The zero-order valence-corrected chi connectivity index (χ0v) is 14.5. The maximum atomic E-state index is 2.43. The van der Waals surface area contributed by atoms with Crippen LogP contribution < -0.4 is 0 Å². The number of allylic oxidation sites excluding steroid dienone is 2. The first-order valence-corrected chi connectivity index (χ1v) is 10.0. The molecule has 2 aliphatic carbocycles. The van der Waals surface area contributed by atoms with Crippen molar-refractivity contribution in [2.45, 2.75) is 103 Å². The van der Waals surface area contributed by atoms with Crippen LogP contribution in [0.1, 0.15) is 103 Å². The van der Waals surface area contributed by atoms with Crippen molar-refractivity contribution in [3.8, 4) is 0 Å². The van der Waals surface area contributed by atoms with Crippen LogP contribution in [0.2, 0.25) is 0 Å². The lowest BCUT2D eigenvalue weighted by molar-refractivity contribution is 0.163. The molecule has 2 fully saturated rings. The predicted molar refractivity (Wildman–Crippen MR) is 94.5 cm³/mol. The molecule has 0 nitrogen and oxygen atoms in total. The molecule has 0 saturated heterocycles. The molecular formula is C21H38. The molecule has 2 rings (SSSR count). The van der Waals surface area contributed by atoms with Crippen LogP contribution in [0.5, 0.6) is 0 Å². The van der Waals surface area contributed by atoms with E-state index in [4.69, 9.17) is 0 Å². The zero-order chi connectivity index (χ0) is 14.8. The first-order chi connectivity index (χ1) is 10.4. The van der Waals surface area contributed by atoms with Gasteiger partial charge in [0.1, 0.15) is 0 Å². The van der Waals surface area contributed by atoms with Crippen molar-refractivity contribution >= 4 is 0 Å². The fraction of sp³-hybridized carbons (Fsp3) is 0.905. The molecule has 0 unspecified atom stereocenters. The molecule has 0 atom stereocenters. The minimum absolute atomic E-state index is 1.06. The Morgan fingerprint density at radius 2 is 1.33 bits per heavy atom. The summed E-state index contributed by atoms with van der Waals surface area (Å²) in [4.78, 5) is 0. The highest BCUT2D eigenvalue weighted by Gasteiger charge is 2.28. The molecule has 0 heterocycles. The second-order valence-electron chi connectivity index (χ2n) is 7.72. The minimum atomic E-state index is 1.06. The molecule has 0 aromatic rings. The SMILES string of the molecule is CCCC/C=C\CCCC1CCC(C2CCCCC2)CC1. The van der Waals surface area contributed by atoms with E-state index in [0.717, 1.165) is 17.8 Å². The summed E-state index contributed by atoms with van der Waals surface area (Å²) in [5.74, 6) is 3.28. The van der Waals surface area contributed by atoms with Crippen LogP contribution in [-0.2, 0) is 0 Å². The van der Waals surface area contributed by atoms with Gasteiger partial charge >= 0.3 is 0 Å². The van der Waals surface area contributed by atoms with E-state index in [0.29, 0.717) is 0 Å². The number of unbranched alkanes of at least 4 members (excludes halogenated alkanes) is 3. The van der Waals surface area contributed by atoms with Gasteiger partial charge in [-0.2, -0.15) is 0 Å². The highest BCUT2D eigenvalue weighted by Crippen LogP contribution is 2.40. The van der Waals surface area contributed by atoms with Crippen LogP contribution in [0, 0.1) is 17.8 Å². The predicted octanol–water partition coefficient (Wildman–Crippen LogP) is 7.29. The summed E-state index contributed by atoms with van der Waals surface area (Å²) in [6.45, 7) is 2.28. The van der Waals surface area contributed by atoms with Gasteiger partial charge in [-0.1, -0.05) is 83.3 Å². The minimum Gasteiger partial charge on any atom is -0.0885 e. The van der Waals surface area contributed by atoms with Gasteiger partial charge in [-0.05, 0) is 49.9 Å². The lowest BCUT2D eigenvalue weighted by Gasteiger charge is -2.36. The lowest BCUT2D eigenvalue weighted by atomic mass is 9.70. The van der Waals surface area contributed by atoms with Crippen molar-refractivity contribution in [2.24, 2.45) is 17.8 Å². The molecule has 0 aliphatic heterocycles. The molecule has 21 heavy (non-hydrogen) atoms. The van der Waals surface area contributed by atoms with E-state index < -0.39 is 0 Å². The van der Waals surface area contributed by atoms with Gasteiger partial charge in [0.2, 0.25) is 0 Å². The van der Waals surface area contributed by atoms with Crippen LogP contribution in [0.25, 0.3) is 0 Å². The molecule has 0 spiro atoms. The summed E-state index contributed by atoms with van der Waals surface area (Å²) in [7, 11) is 0. The molecule has 0 aromatic heterocycles. The van der Waals surface area contributed by atoms with Crippen LogP contribution in [0.4, 0.5) is 0 Å². The fourth-order valence-corrected chi connectivity index (χ4v) is 4.64. The average Bonchev–Trinajstić information content (AvgIpc) is 2.55. The van der Waals surface area contributed by atoms with Crippen LogP contribution in [-0.4, -0.2) is 0 Å². The van der Waals surface area contributed by atoms with Crippen LogP contribution >= 0.6 is 0 Å². The second-order valence-corrected chi connectivity index (χ2v) is 7.72. The summed E-state index contributed by atoms with van der Waals surface area (Å²) < 4.78 is 0. The maximum Gasteiger partial charge on any atom is -0.0351 e. The van der Waals surface area contributed by atoms with E-state index in [1.165, 1.54) is 57.8 Å². The Morgan fingerprint density at radius 1 is 0.714 bits per heavy atom. The van der Waals surface area contributed by atoms with E-state index in [-0.39, 0.29) is 0 Å². The van der Waals surface area contributed by atoms with Gasteiger partial charge < -0.3 is 0 Å². The highest BCUT2D eigenvalue weighted by atomic mass is 14.3. The van der Waals surface area contributed by atoms with Crippen LogP contribution in [0.15, 0.2) is 12.2 Å². The molecule has 2 saturated carbocycles. The Labute approximate surface area is 133 Å². The van der Waals surface area contributed by atoms with E-state index in [1.807, 2.05) is 0 Å². The molecule has 122 valence electrons. The number of rotatable bonds is 8. The van der Waals surface area contributed by atoms with Crippen molar-refractivity contribution in [3.05, 3.63) is 12.2 Å². The van der Waals surface area contributed by atoms with Crippen molar-refractivity contribution in [3.63, 3.8) is 0 Å². The molecular weight excluding hydrogens is 252 g/mol. The summed E-state index contributed by atoms with van der Waals surface area (Å²) >= 11 is 0. The Morgan fingerprint density at radius 3 is 2.00 bits per heavy atom. The van der Waals surface area contributed by atoms with Gasteiger partial charge in [-0.15, -0.1) is 0 Å². The second kappa shape index (κ2) is 10.5. The fourth-order valence-electron chi connectivity index (χ4n) is 4.64. The van der Waals surface area contributed by atoms with Gasteiger partial charge in [0.05, 0.1) is 0 Å². The molecule has 0 heteroatoms. The standard InChI is InChI=1S/C21H38/c1-2-3-4-5-6-7-9-12-19-15-17-21(18-16-19)20-13-10-8-11-14-20/h5-6,19-21H,2-4,7-18H2,1H3/b6-5-. The quantitative estimate of drug-likeness (QED) is 0.325. The lowest BCUT2D eigenvalue weighted by Crippen LogP contribution is -2.23. The monoisotopic (exact) mass is 290 g/mol. The molecule has 0 N–H and O–H groups in total. The average molecular weight is 291 g/mol. The van der Waals surface area contributed by atoms with E-state index >= 15 is 0 Å². The number of hydrogen-bond donors (Lipinski definition) is 0. The maximum absolute atomic E-state index is 2.43. The third kappa shape index (κ3) is 6.57. The van der Waals surface area contributed by atoms with Crippen molar-refractivity contribution in [1.82, 2.24) is 0 Å². The summed E-state index contributed by atoms with van der Waals surface area (Å²) in [5.41, 5.74) is 0. The molecule has 2 aliphatic rings. The van der Waals surface area contributed by atoms with Gasteiger partial charge in [-0.3, -0.25) is 0 Å². The molecule has 0 amide bonds. The van der Waals surface area contributed by atoms with Gasteiger partial charge in [0, 0.05) is 0 Å². The summed E-state index contributed by atoms with van der Waals surface area (Å²) in [6.07, 6.45) is 26.9. The van der Waals surface area contributed by atoms with Gasteiger partial charge in [-0.25, -0.2) is 0 Å². The smallest absolute Gasteiger partial charge is 0.0351 e. The third-order valence-corrected chi connectivity index (χ3v) is 6.08. The highest BCUT2D eigenvalue weighted by molar-refractivity contribution is 4.83. The number of hydrogen-bond acceptors (Lipinski definition) is 0. The Hall–Kier alpha value is -0.260.